The summed E-state index contributed by atoms with van der Waals surface area (Å²) < 4.78 is 0. The first kappa shape index (κ1) is 12.7. The Morgan fingerprint density at radius 3 is 2.23 bits per heavy atom. The summed E-state index contributed by atoms with van der Waals surface area (Å²) in [7, 11) is 0. The Hall–Kier alpha value is -0.326. The molecule has 1 heteroatoms. The third-order valence-corrected chi connectivity index (χ3v) is 1.95. The van der Waals surface area contributed by atoms with E-state index in [4.69, 9.17) is 0 Å². The Bertz CT molecular complexity index is 237. The van der Waals surface area contributed by atoms with Crippen LogP contribution in [0.4, 0.5) is 0 Å². The zero-order valence-electron chi connectivity index (χ0n) is 10.2. The largest absolute Gasteiger partial charge is 2.00 e. The summed E-state index contributed by atoms with van der Waals surface area (Å²) in [5.74, 6) is 0. The van der Waals surface area contributed by atoms with Crippen molar-refractivity contribution in [3.63, 3.8) is 0 Å². The van der Waals surface area contributed by atoms with Crippen LogP contribution in [0.15, 0.2) is 35.5 Å². The molecule has 0 aliphatic heterocycles. The third kappa shape index (κ3) is 5.07. The molecule has 0 heterocycles. The molecule has 2 aliphatic rings. The molecule has 0 aromatic carbocycles. The Balaban J connectivity index is -0.000000165. The van der Waals surface area contributed by atoms with Crippen LogP contribution < -0.4 is 0 Å². The molecule has 0 bridgehead atoms. The molecule has 2 rings (SSSR count). The van der Waals surface area contributed by atoms with Crippen LogP contribution >= 0.6 is 0 Å². The van der Waals surface area contributed by atoms with Gasteiger partial charge in [-0.1, -0.05) is 6.92 Å². The maximum absolute atomic E-state index is 3.19. The molecule has 0 spiro atoms. The predicted molar refractivity (Wildman–Crippen MR) is 54.6 cm³/mol. The zero-order valence-corrected chi connectivity index (χ0v) is 9.79. The van der Waals surface area contributed by atoms with Crippen molar-refractivity contribution in [2.45, 2.75) is 26.7 Å². The van der Waals surface area contributed by atoms with E-state index in [0.29, 0.717) is 0 Å². The summed E-state index contributed by atoms with van der Waals surface area (Å²) in [4.78, 5) is 0. The van der Waals surface area contributed by atoms with Gasteiger partial charge in [0.15, 0.2) is 0 Å². The van der Waals surface area contributed by atoms with Crippen molar-refractivity contribution in [1.29, 1.82) is 0 Å². The van der Waals surface area contributed by atoms with Crippen LogP contribution in [0.5, 0.6) is 0 Å². The first-order valence-electron chi connectivity index (χ1n) is 4.27. The average Bonchev–Trinajstić information content (AvgIpc) is 2.67. The molecule has 0 aromatic rings. The van der Waals surface area contributed by atoms with E-state index in [-0.39, 0.29) is 24.6 Å². The molecule has 0 nitrogen and oxygen atoms in total. The van der Waals surface area contributed by atoms with Crippen LogP contribution in [0.2, 0.25) is 0 Å². The van der Waals surface area contributed by atoms with Gasteiger partial charge in [0.2, 0.25) is 0 Å². The first-order chi connectivity index (χ1) is 5.80. The molecule has 0 amide bonds. The van der Waals surface area contributed by atoms with Crippen LogP contribution in [0.25, 0.3) is 0 Å². The van der Waals surface area contributed by atoms with Gasteiger partial charge in [-0.05, 0) is 0 Å². The SMILES string of the molecule is CC1=[C-]CC=C1C.[C-]1=CC=CC1.[H-].[H-].[Ti+2]. The van der Waals surface area contributed by atoms with E-state index in [1.165, 1.54) is 11.1 Å². The topological polar surface area (TPSA) is 0 Å². The molecular weight excluding hydrogens is 192 g/mol. The quantitative estimate of drug-likeness (QED) is 0.421. The standard InChI is InChI=1S/C7H9.C5H5.Ti.2H/c1-6-4-3-5-7(6)2;1-2-4-5-3-1;;;/h4H,3H2,1-2H3;1-3H,4H2;;;/q2*-1;+2;2*-1. The summed E-state index contributed by atoms with van der Waals surface area (Å²) in [5.41, 5.74) is 2.71. The fraction of sp³-hybridized carbons (Fsp3) is 0.333. The summed E-state index contributed by atoms with van der Waals surface area (Å²) in [6.45, 7) is 4.22. The van der Waals surface area contributed by atoms with Crippen LogP contribution in [-0.2, 0) is 21.7 Å². The van der Waals surface area contributed by atoms with Crippen molar-refractivity contribution < 1.29 is 24.6 Å². The minimum absolute atomic E-state index is 0. The fourth-order valence-corrected chi connectivity index (χ4v) is 0.990. The van der Waals surface area contributed by atoms with Crippen molar-refractivity contribution >= 4 is 0 Å². The predicted octanol–water partition coefficient (Wildman–Crippen LogP) is 3.61. The van der Waals surface area contributed by atoms with E-state index in [9.17, 15) is 0 Å². The van der Waals surface area contributed by atoms with Crippen molar-refractivity contribution in [1.82, 2.24) is 0 Å². The van der Waals surface area contributed by atoms with Gasteiger partial charge in [-0.2, -0.15) is 12.2 Å². The maximum Gasteiger partial charge on any atom is 2.00 e. The van der Waals surface area contributed by atoms with Crippen molar-refractivity contribution in [3.8, 4) is 0 Å². The first-order valence-corrected chi connectivity index (χ1v) is 4.27. The molecule has 0 saturated heterocycles. The minimum Gasteiger partial charge on any atom is -1.00 e. The Morgan fingerprint density at radius 1 is 1.31 bits per heavy atom. The van der Waals surface area contributed by atoms with Gasteiger partial charge in [0.1, 0.15) is 0 Å². The van der Waals surface area contributed by atoms with Gasteiger partial charge >= 0.3 is 21.7 Å². The van der Waals surface area contributed by atoms with Gasteiger partial charge in [0.05, 0.1) is 0 Å². The average molecular weight is 208 g/mol. The second kappa shape index (κ2) is 7.11. The number of allylic oxidation sites excluding steroid dienone is 8. The monoisotopic (exact) mass is 208 g/mol. The smallest absolute Gasteiger partial charge is 1.00 e. The molecule has 0 aromatic heterocycles. The molecule has 2 aliphatic carbocycles. The van der Waals surface area contributed by atoms with Crippen molar-refractivity contribution in [3.05, 3.63) is 47.6 Å². The van der Waals surface area contributed by atoms with E-state index >= 15 is 0 Å². The van der Waals surface area contributed by atoms with Crippen molar-refractivity contribution in [2.75, 3.05) is 0 Å². The molecule has 0 atom stereocenters. The molecule has 0 N–H and O–H groups in total. The van der Waals surface area contributed by atoms with Gasteiger partial charge in [0.25, 0.3) is 0 Å². The Morgan fingerprint density at radius 2 is 2.08 bits per heavy atom. The van der Waals surface area contributed by atoms with E-state index in [2.05, 4.69) is 38.2 Å². The van der Waals surface area contributed by atoms with Gasteiger partial charge in [-0.3, -0.25) is 12.2 Å². The van der Waals surface area contributed by atoms with Gasteiger partial charge < -0.3 is 2.85 Å². The van der Waals surface area contributed by atoms with Gasteiger partial charge in [-0.25, -0.2) is 23.3 Å². The van der Waals surface area contributed by atoms with Crippen LogP contribution in [0, 0.1) is 12.2 Å². The van der Waals surface area contributed by atoms with Gasteiger partial charge in [0, 0.05) is 0 Å². The normalized spacial score (nSPS) is 17.1. The summed E-state index contributed by atoms with van der Waals surface area (Å²) in [5, 5.41) is 0. The summed E-state index contributed by atoms with van der Waals surface area (Å²) in [6.07, 6.45) is 16.4. The zero-order chi connectivity index (χ0) is 8.81. The second-order valence-corrected chi connectivity index (χ2v) is 2.90. The van der Waals surface area contributed by atoms with Crippen LogP contribution in [0.3, 0.4) is 0 Å². The van der Waals surface area contributed by atoms with Crippen LogP contribution in [0.1, 0.15) is 29.5 Å². The molecule has 0 radical (unpaired) electrons. The molecule has 70 valence electrons. The molecular formula is C12H16Ti-2. The summed E-state index contributed by atoms with van der Waals surface area (Å²) in [6, 6.07) is 0. The van der Waals surface area contributed by atoms with Gasteiger partial charge in [-0.15, -0.1) is 19.8 Å². The van der Waals surface area contributed by atoms with E-state index in [0.717, 1.165) is 12.8 Å². The second-order valence-electron chi connectivity index (χ2n) is 2.90. The maximum atomic E-state index is 3.19. The Labute approximate surface area is 99.0 Å². The number of hydrogen-bond acceptors (Lipinski definition) is 0. The fourth-order valence-electron chi connectivity index (χ4n) is 0.990. The number of rotatable bonds is 0. The molecule has 13 heavy (non-hydrogen) atoms. The minimum atomic E-state index is 0. The van der Waals surface area contributed by atoms with E-state index < -0.39 is 0 Å². The van der Waals surface area contributed by atoms with E-state index in [1.54, 1.807) is 0 Å². The van der Waals surface area contributed by atoms with E-state index in [1.807, 2.05) is 12.2 Å². The Kier molecular flexibility index (Phi) is 6.94. The molecule has 0 saturated carbocycles. The summed E-state index contributed by atoms with van der Waals surface area (Å²) >= 11 is 0. The molecule has 0 unspecified atom stereocenters. The number of hydrogen-bond donors (Lipinski definition) is 0. The van der Waals surface area contributed by atoms with Crippen LogP contribution in [-0.4, -0.2) is 0 Å². The molecule has 0 fully saturated rings. The van der Waals surface area contributed by atoms with Crippen molar-refractivity contribution in [2.24, 2.45) is 0 Å². The third-order valence-electron chi connectivity index (χ3n) is 1.95.